The lowest BCUT2D eigenvalue weighted by Gasteiger charge is -2.27. The van der Waals surface area contributed by atoms with Gasteiger partial charge in [-0.25, -0.2) is 9.79 Å². The Hall–Kier alpha value is -4.63. The normalized spacial score (nSPS) is 14.8. The molecule has 4 aromatic rings. The Balaban J connectivity index is 1.89. The molecule has 8 nitrogen and oxygen atoms in total. The topological polar surface area (TPSA) is 88.4 Å². The van der Waals surface area contributed by atoms with E-state index in [0.717, 1.165) is 11.1 Å². The van der Waals surface area contributed by atoms with Crippen molar-refractivity contribution in [2.24, 2.45) is 4.99 Å². The first-order valence-electron chi connectivity index (χ1n) is 12.6. The number of carbonyl (C=O) groups is 1. The van der Waals surface area contributed by atoms with Gasteiger partial charge in [0, 0.05) is 16.7 Å². The van der Waals surface area contributed by atoms with Crippen LogP contribution in [0, 0.1) is 0 Å². The summed E-state index contributed by atoms with van der Waals surface area (Å²) in [6.07, 6.45) is 1.78. The molecule has 204 valence electrons. The summed E-state index contributed by atoms with van der Waals surface area (Å²) in [6.45, 7) is 1.90. The number of thiazole rings is 1. The van der Waals surface area contributed by atoms with Gasteiger partial charge in [0.05, 0.1) is 43.7 Å². The Bertz CT molecular complexity index is 1770. The molecule has 1 aliphatic rings. The fourth-order valence-corrected chi connectivity index (χ4v) is 5.78. The fraction of sp³-hybridized carbons (Fsp3) is 0.194. The van der Waals surface area contributed by atoms with E-state index in [-0.39, 0.29) is 17.7 Å². The van der Waals surface area contributed by atoms with E-state index in [9.17, 15) is 9.59 Å². The van der Waals surface area contributed by atoms with E-state index in [1.807, 2.05) is 60.7 Å². The number of ether oxygens (including phenoxy) is 4. The summed E-state index contributed by atoms with van der Waals surface area (Å²) in [5.74, 6) is 0.943. The number of hydrogen-bond acceptors (Lipinski definition) is 8. The molecular weight excluding hydrogens is 528 g/mol. The Morgan fingerprint density at radius 2 is 1.62 bits per heavy atom. The van der Waals surface area contributed by atoms with Crippen LogP contribution in [0.5, 0.6) is 17.2 Å². The lowest BCUT2D eigenvalue weighted by Crippen LogP contribution is -2.40. The van der Waals surface area contributed by atoms with Crippen molar-refractivity contribution in [2.75, 3.05) is 27.9 Å². The molecule has 0 fully saturated rings. The summed E-state index contributed by atoms with van der Waals surface area (Å²) in [7, 11) is 4.65. The van der Waals surface area contributed by atoms with Gasteiger partial charge in [0.2, 0.25) is 0 Å². The standard InChI is InChI=1S/C31H28N2O6S/c1-5-39-30(35)25-26(19-12-7-6-8-13-19)32-31-33(27(25)21-15-11-17-23(37-3)28(21)38-4)29(34)24(40-31)18-20-14-9-10-16-22(20)36-2/h6-18,27H,5H2,1-4H3/b24-18-. The van der Waals surface area contributed by atoms with Gasteiger partial charge in [0.15, 0.2) is 16.3 Å². The monoisotopic (exact) mass is 556 g/mol. The van der Waals surface area contributed by atoms with Crippen LogP contribution >= 0.6 is 11.3 Å². The first-order chi connectivity index (χ1) is 19.5. The molecule has 0 amide bonds. The van der Waals surface area contributed by atoms with Crippen LogP contribution < -0.4 is 29.1 Å². The van der Waals surface area contributed by atoms with Crippen LogP contribution in [0.3, 0.4) is 0 Å². The number of rotatable bonds is 8. The van der Waals surface area contributed by atoms with Crippen molar-refractivity contribution in [3.63, 3.8) is 0 Å². The predicted octanol–water partition coefficient (Wildman–Crippen LogP) is 3.96. The van der Waals surface area contributed by atoms with E-state index in [0.29, 0.717) is 37.8 Å². The van der Waals surface area contributed by atoms with Crippen LogP contribution in [0.25, 0.3) is 11.8 Å². The number of para-hydroxylation sites is 2. The van der Waals surface area contributed by atoms with Gasteiger partial charge < -0.3 is 18.9 Å². The molecule has 1 unspecified atom stereocenters. The van der Waals surface area contributed by atoms with E-state index < -0.39 is 12.0 Å². The maximum Gasteiger partial charge on any atom is 0.338 e. The lowest BCUT2D eigenvalue weighted by molar-refractivity contribution is -0.138. The first-order valence-corrected chi connectivity index (χ1v) is 13.5. The minimum absolute atomic E-state index is 0.157. The maximum atomic E-state index is 14.1. The fourth-order valence-electron chi connectivity index (χ4n) is 4.79. The zero-order valence-electron chi connectivity index (χ0n) is 22.5. The zero-order chi connectivity index (χ0) is 28.2. The van der Waals surface area contributed by atoms with E-state index in [2.05, 4.69) is 0 Å². The molecule has 1 aliphatic heterocycles. The molecular formula is C31H28N2O6S. The van der Waals surface area contributed by atoms with Crippen LogP contribution in [-0.4, -0.2) is 38.5 Å². The highest BCUT2D eigenvalue weighted by Crippen LogP contribution is 2.42. The molecule has 0 N–H and O–H groups in total. The highest BCUT2D eigenvalue weighted by Gasteiger charge is 2.37. The summed E-state index contributed by atoms with van der Waals surface area (Å²) in [5, 5.41) is 0. The summed E-state index contributed by atoms with van der Waals surface area (Å²) in [6, 6.07) is 21.3. The zero-order valence-corrected chi connectivity index (χ0v) is 23.4. The van der Waals surface area contributed by atoms with Gasteiger partial charge in [-0.3, -0.25) is 9.36 Å². The van der Waals surface area contributed by atoms with E-state index in [1.165, 1.54) is 30.1 Å². The molecule has 1 atom stereocenters. The highest BCUT2D eigenvalue weighted by atomic mass is 32.1. The van der Waals surface area contributed by atoms with Crippen LogP contribution in [0.15, 0.2) is 88.2 Å². The van der Waals surface area contributed by atoms with Gasteiger partial charge in [0.25, 0.3) is 5.56 Å². The molecule has 0 bridgehead atoms. The average Bonchev–Trinajstić information content (AvgIpc) is 3.30. The van der Waals surface area contributed by atoms with E-state index in [1.54, 1.807) is 32.2 Å². The van der Waals surface area contributed by atoms with Gasteiger partial charge in [0.1, 0.15) is 11.8 Å². The van der Waals surface area contributed by atoms with E-state index in [4.69, 9.17) is 23.9 Å². The predicted molar refractivity (Wildman–Crippen MR) is 154 cm³/mol. The molecule has 1 aromatic heterocycles. The third-order valence-electron chi connectivity index (χ3n) is 6.53. The second-order valence-corrected chi connectivity index (χ2v) is 9.77. The smallest absolute Gasteiger partial charge is 0.338 e. The number of nitrogens with zero attached hydrogens (tertiary/aromatic N) is 2. The molecule has 5 rings (SSSR count). The first kappa shape index (κ1) is 27.0. The summed E-state index contributed by atoms with van der Waals surface area (Å²) >= 11 is 1.24. The molecule has 9 heteroatoms. The largest absolute Gasteiger partial charge is 0.496 e. The Kier molecular flexibility index (Phi) is 7.84. The molecule has 0 saturated carbocycles. The molecule has 3 aromatic carbocycles. The molecule has 40 heavy (non-hydrogen) atoms. The van der Waals surface area contributed by atoms with Crippen LogP contribution in [0.4, 0.5) is 0 Å². The maximum absolute atomic E-state index is 14.1. The number of hydrogen-bond donors (Lipinski definition) is 0. The van der Waals surface area contributed by atoms with Crippen molar-refractivity contribution in [2.45, 2.75) is 13.0 Å². The lowest BCUT2D eigenvalue weighted by atomic mass is 9.92. The molecule has 0 spiro atoms. The number of carbonyl (C=O) groups excluding carboxylic acids is 1. The number of aromatic nitrogens is 1. The van der Waals surface area contributed by atoms with Gasteiger partial charge in [-0.05, 0) is 25.1 Å². The highest BCUT2D eigenvalue weighted by molar-refractivity contribution is 7.07. The van der Waals surface area contributed by atoms with Crippen molar-refractivity contribution in [3.8, 4) is 17.2 Å². The summed E-state index contributed by atoms with van der Waals surface area (Å²) < 4.78 is 24.3. The van der Waals surface area contributed by atoms with Crippen molar-refractivity contribution >= 4 is 29.1 Å². The average molecular weight is 557 g/mol. The van der Waals surface area contributed by atoms with Crippen molar-refractivity contribution in [3.05, 3.63) is 115 Å². The summed E-state index contributed by atoms with van der Waals surface area (Å²) in [5.41, 5.74) is 2.39. The van der Waals surface area contributed by atoms with Crippen LogP contribution in [0.2, 0.25) is 0 Å². The van der Waals surface area contributed by atoms with Crippen molar-refractivity contribution in [1.29, 1.82) is 0 Å². The SMILES string of the molecule is CCOC(=O)C1=C(c2ccccc2)N=c2s/c(=C\c3ccccc3OC)c(=O)n2C1c1cccc(OC)c1OC. The Morgan fingerprint density at radius 1 is 0.925 bits per heavy atom. The van der Waals surface area contributed by atoms with E-state index >= 15 is 0 Å². The Labute approximate surface area is 235 Å². The van der Waals surface area contributed by atoms with Gasteiger partial charge in [-0.1, -0.05) is 72.0 Å². The second-order valence-electron chi connectivity index (χ2n) is 8.76. The number of benzene rings is 3. The molecule has 0 aliphatic carbocycles. The second kappa shape index (κ2) is 11.6. The summed E-state index contributed by atoms with van der Waals surface area (Å²) in [4.78, 5) is 33.1. The van der Waals surface area contributed by atoms with Gasteiger partial charge >= 0.3 is 5.97 Å². The molecule has 0 saturated heterocycles. The third-order valence-corrected chi connectivity index (χ3v) is 7.51. The van der Waals surface area contributed by atoms with Gasteiger partial charge in [-0.15, -0.1) is 0 Å². The minimum Gasteiger partial charge on any atom is -0.496 e. The minimum atomic E-state index is -0.893. The van der Waals surface area contributed by atoms with Crippen molar-refractivity contribution in [1.82, 2.24) is 4.57 Å². The number of esters is 1. The van der Waals surface area contributed by atoms with Crippen LogP contribution in [0.1, 0.15) is 29.7 Å². The number of methoxy groups -OCH3 is 3. The Morgan fingerprint density at radius 3 is 2.33 bits per heavy atom. The molecule has 0 radical (unpaired) electrons. The third kappa shape index (κ3) is 4.80. The molecule has 2 heterocycles. The van der Waals surface area contributed by atoms with Crippen LogP contribution in [-0.2, 0) is 9.53 Å². The number of fused-ring (bicyclic) bond motifs is 1. The van der Waals surface area contributed by atoms with Gasteiger partial charge in [-0.2, -0.15) is 0 Å². The quantitative estimate of drug-likeness (QED) is 0.306. The van der Waals surface area contributed by atoms with Crippen molar-refractivity contribution < 1.29 is 23.7 Å².